The van der Waals surface area contributed by atoms with E-state index in [0.717, 1.165) is 33.0 Å². The van der Waals surface area contributed by atoms with E-state index in [1.165, 1.54) is 27.5 Å². The predicted molar refractivity (Wildman–Crippen MR) is 182 cm³/mol. The van der Waals surface area contributed by atoms with Crippen molar-refractivity contribution in [2.24, 2.45) is 0 Å². The molecule has 44 heavy (non-hydrogen) atoms. The van der Waals surface area contributed by atoms with Crippen LogP contribution in [0.1, 0.15) is 0 Å². The van der Waals surface area contributed by atoms with Gasteiger partial charge in [0.1, 0.15) is 0 Å². The van der Waals surface area contributed by atoms with Gasteiger partial charge in [0.25, 0.3) is 0 Å². The van der Waals surface area contributed by atoms with Gasteiger partial charge in [-0.2, -0.15) is 0 Å². The Morgan fingerprint density at radius 3 is 1.34 bits per heavy atom. The fourth-order valence-electron chi connectivity index (χ4n) is 5.88. The predicted octanol–water partition coefficient (Wildman–Crippen LogP) is 10.5. The summed E-state index contributed by atoms with van der Waals surface area (Å²) in [6.45, 7) is 0. The molecule has 0 saturated carbocycles. The van der Waals surface area contributed by atoms with Crippen LogP contribution in [0, 0.1) is 0 Å². The minimum absolute atomic E-state index is 0.650. The molecule has 0 unspecified atom stereocenters. The summed E-state index contributed by atoms with van der Waals surface area (Å²) in [5.74, 6) is 1.96. The number of hydrogen-bond acceptors (Lipinski definition) is 3. The van der Waals surface area contributed by atoms with Crippen LogP contribution in [0.2, 0.25) is 0 Å². The zero-order chi connectivity index (χ0) is 29.3. The van der Waals surface area contributed by atoms with Crippen molar-refractivity contribution in [3.63, 3.8) is 0 Å². The molecule has 8 aromatic rings. The third-order valence-corrected chi connectivity index (χ3v) is 8.13. The third kappa shape index (κ3) is 4.81. The maximum atomic E-state index is 5.10. The van der Waals surface area contributed by atoms with E-state index in [1.54, 1.807) is 0 Å². The molecular weight excluding hydrogens is 534 g/mol. The van der Waals surface area contributed by atoms with Crippen molar-refractivity contribution < 1.29 is 0 Å². The number of nitrogens with zero attached hydrogens (tertiary/aromatic N) is 3. The van der Waals surface area contributed by atoms with Gasteiger partial charge >= 0.3 is 0 Å². The van der Waals surface area contributed by atoms with Gasteiger partial charge in [0, 0.05) is 16.7 Å². The van der Waals surface area contributed by atoms with E-state index < -0.39 is 0 Å². The molecule has 1 aromatic heterocycles. The quantitative estimate of drug-likeness (QED) is 0.196. The molecule has 1 heterocycles. The highest BCUT2D eigenvalue weighted by Crippen LogP contribution is 2.37. The fourth-order valence-corrected chi connectivity index (χ4v) is 5.88. The summed E-state index contributed by atoms with van der Waals surface area (Å²) in [4.78, 5) is 15.1. The van der Waals surface area contributed by atoms with Gasteiger partial charge in [0.2, 0.25) is 0 Å². The molecule has 8 rings (SSSR count). The molecule has 0 saturated heterocycles. The van der Waals surface area contributed by atoms with Gasteiger partial charge in [-0.15, -0.1) is 0 Å². The summed E-state index contributed by atoms with van der Waals surface area (Å²) in [5.41, 5.74) is 7.63. The monoisotopic (exact) mass is 561 g/mol. The van der Waals surface area contributed by atoms with E-state index in [-0.39, 0.29) is 0 Å². The summed E-state index contributed by atoms with van der Waals surface area (Å²) in [5, 5.41) is 4.64. The van der Waals surface area contributed by atoms with Crippen molar-refractivity contribution in [3.8, 4) is 56.4 Å². The van der Waals surface area contributed by atoms with E-state index in [9.17, 15) is 0 Å². The summed E-state index contributed by atoms with van der Waals surface area (Å²) in [6.07, 6.45) is 0. The summed E-state index contributed by atoms with van der Waals surface area (Å²) in [7, 11) is 0. The first-order valence-electron chi connectivity index (χ1n) is 14.8. The molecule has 7 aromatic carbocycles. The molecule has 3 nitrogen and oxygen atoms in total. The minimum Gasteiger partial charge on any atom is -0.208 e. The van der Waals surface area contributed by atoms with E-state index in [1.807, 2.05) is 36.4 Å². The van der Waals surface area contributed by atoms with E-state index in [2.05, 4.69) is 127 Å². The lowest BCUT2D eigenvalue weighted by Crippen LogP contribution is -2.00. The second-order valence-electron chi connectivity index (χ2n) is 10.9. The Kier molecular flexibility index (Phi) is 6.47. The first-order valence-corrected chi connectivity index (χ1v) is 14.8. The molecule has 0 aliphatic heterocycles. The molecule has 0 aliphatic rings. The van der Waals surface area contributed by atoms with Crippen LogP contribution >= 0.6 is 0 Å². The van der Waals surface area contributed by atoms with Crippen molar-refractivity contribution in [1.29, 1.82) is 0 Å². The fraction of sp³-hybridized carbons (Fsp3) is 0. The molecule has 0 bridgehead atoms. The van der Waals surface area contributed by atoms with Crippen LogP contribution in [0.5, 0.6) is 0 Å². The molecule has 3 heteroatoms. The zero-order valence-corrected chi connectivity index (χ0v) is 23.9. The number of rotatable bonds is 5. The lowest BCUT2D eigenvalue weighted by Gasteiger charge is -2.13. The second-order valence-corrected chi connectivity index (χ2v) is 10.9. The number of hydrogen-bond donors (Lipinski definition) is 0. The molecule has 0 N–H and O–H groups in total. The Morgan fingerprint density at radius 1 is 0.273 bits per heavy atom. The van der Waals surface area contributed by atoms with Crippen molar-refractivity contribution in [1.82, 2.24) is 15.0 Å². The second kappa shape index (κ2) is 11.0. The average molecular weight is 562 g/mol. The standard InChI is InChI=1S/C41H27N3/c1-4-12-28(13-5-1)30-20-22-32(23-21-30)40-42-39(31-16-8-3-9-17-31)43-41(44-40)38-27-34-25-24-33(29-14-6-2-7-15-29)26-37(34)35-18-10-11-19-36(35)38/h1-27H. The van der Waals surface area contributed by atoms with E-state index in [0.29, 0.717) is 17.5 Å². The van der Waals surface area contributed by atoms with Crippen LogP contribution in [0.15, 0.2) is 164 Å². The molecule has 206 valence electrons. The van der Waals surface area contributed by atoms with Gasteiger partial charge in [-0.1, -0.05) is 152 Å². The number of fused-ring (bicyclic) bond motifs is 3. The van der Waals surface area contributed by atoms with Gasteiger partial charge < -0.3 is 0 Å². The Morgan fingerprint density at radius 2 is 0.705 bits per heavy atom. The van der Waals surface area contributed by atoms with E-state index >= 15 is 0 Å². The Bertz CT molecular complexity index is 2240. The van der Waals surface area contributed by atoms with Crippen LogP contribution in [-0.4, -0.2) is 15.0 Å². The van der Waals surface area contributed by atoms with Gasteiger partial charge in [0.15, 0.2) is 17.5 Å². The van der Waals surface area contributed by atoms with Crippen molar-refractivity contribution in [2.75, 3.05) is 0 Å². The Balaban J connectivity index is 1.31. The largest absolute Gasteiger partial charge is 0.208 e. The Labute approximate surface area is 256 Å². The maximum Gasteiger partial charge on any atom is 0.164 e. The zero-order valence-electron chi connectivity index (χ0n) is 23.9. The molecule has 0 radical (unpaired) electrons. The maximum absolute atomic E-state index is 5.10. The first kappa shape index (κ1) is 25.8. The number of benzene rings is 7. The van der Waals surface area contributed by atoms with Crippen LogP contribution in [0.3, 0.4) is 0 Å². The third-order valence-electron chi connectivity index (χ3n) is 8.13. The molecule has 0 atom stereocenters. The topological polar surface area (TPSA) is 38.7 Å². The number of aromatic nitrogens is 3. The van der Waals surface area contributed by atoms with Gasteiger partial charge in [-0.05, 0) is 55.9 Å². The van der Waals surface area contributed by atoms with Crippen LogP contribution in [-0.2, 0) is 0 Å². The van der Waals surface area contributed by atoms with Crippen molar-refractivity contribution in [3.05, 3.63) is 164 Å². The van der Waals surface area contributed by atoms with Crippen LogP contribution < -0.4 is 0 Å². The normalized spacial score (nSPS) is 11.2. The molecule has 0 amide bonds. The van der Waals surface area contributed by atoms with Crippen LogP contribution in [0.4, 0.5) is 0 Å². The van der Waals surface area contributed by atoms with Gasteiger partial charge in [-0.3, -0.25) is 0 Å². The summed E-state index contributed by atoms with van der Waals surface area (Å²) >= 11 is 0. The summed E-state index contributed by atoms with van der Waals surface area (Å²) < 4.78 is 0. The molecule has 0 aliphatic carbocycles. The highest BCUT2D eigenvalue weighted by molar-refractivity contribution is 6.14. The minimum atomic E-state index is 0.650. The van der Waals surface area contributed by atoms with Crippen LogP contribution in [0.25, 0.3) is 78.0 Å². The first-order chi connectivity index (χ1) is 21.8. The van der Waals surface area contributed by atoms with Crippen molar-refractivity contribution >= 4 is 21.5 Å². The lowest BCUT2D eigenvalue weighted by atomic mass is 9.94. The molecule has 0 spiro atoms. The molecular formula is C41H27N3. The molecule has 0 fully saturated rings. The highest BCUT2D eigenvalue weighted by Gasteiger charge is 2.16. The van der Waals surface area contributed by atoms with E-state index in [4.69, 9.17) is 15.0 Å². The highest BCUT2D eigenvalue weighted by atomic mass is 15.0. The Hall–Kier alpha value is -5.93. The average Bonchev–Trinajstić information content (AvgIpc) is 3.12. The van der Waals surface area contributed by atoms with Gasteiger partial charge in [-0.25, -0.2) is 15.0 Å². The smallest absolute Gasteiger partial charge is 0.164 e. The SMILES string of the molecule is c1ccc(-c2ccc(-c3nc(-c4ccccc4)nc(-c4cc5ccc(-c6ccccc6)cc5c5ccccc45)n3)cc2)cc1. The van der Waals surface area contributed by atoms with Gasteiger partial charge in [0.05, 0.1) is 0 Å². The van der Waals surface area contributed by atoms with Crippen molar-refractivity contribution in [2.45, 2.75) is 0 Å². The lowest BCUT2D eigenvalue weighted by molar-refractivity contribution is 1.08. The summed E-state index contributed by atoms with van der Waals surface area (Å²) in [6, 6.07) is 57.0.